The number of halogens is 1. The predicted octanol–water partition coefficient (Wildman–Crippen LogP) is 3.01. The number of nitrogens with zero attached hydrogens (tertiary/aromatic N) is 1. The molecule has 0 unspecified atom stereocenters. The number of hydrogen-bond donors (Lipinski definition) is 1. The van der Waals surface area contributed by atoms with E-state index in [4.69, 9.17) is 0 Å². The van der Waals surface area contributed by atoms with Crippen LogP contribution in [0.4, 0.5) is 5.82 Å². The molecular formula is C10H9BrN2O2S2. The van der Waals surface area contributed by atoms with Gasteiger partial charge in [-0.3, -0.25) is 4.72 Å². The van der Waals surface area contributed by atoms with Gasteiger partial charge in [-0.1, -0.05) is 6.07 Å². The topological polar surface area (TPSA) is 59.1 Å². The molecule has 0 radical (unpaired) electrons. The Morgan fingerprint density at radius 3 is 2.82 bits per heavy atom. The Morgan fingerprint density at radius 2 is 2.24 bits per heavy atom. The summed E-state index contributed by atoms with van der Waals surface area (Å²) in [6.07, 6.45) is 1.55. The quantitative estimate of drug-likeness (QED) is 0.939. The van der Waals surface area contributed by atoms with Crippen LogP contribution in [0.2, 0.25) is 0 Å². The molecule has 1 N–H and O–H groups in total. The molecule has 4 nitrogen and oxygen atoms in total. The molecule has 2 aromatic rings. The summed E-state index contributed by atoms with van der Waals surface area (Å²) in [7, 11) is -3.51. The van der Waals surface area contributed by atoms with Crippen molar-refractivity contribution in [2.45, 2.75) is 11.1 Å². The highest BCUT2D eigenvalue weighted by Crippen LogP contribution is 2.22. The summed E-state index contributed by atoms with van der Waals surface area (Å²) in [5.74, 6) is 0.349. The Labute approximate surface area is 112 Å². The number of aromatic nitrogens is 1. The van der Waals surface area contributed by atoms with E-state index in [1.807, 2.05) is 0 Å². The number of rotatable bonds is 3. The van der Waals surface area contributed by atoms with Crippen LogP contribution in [0.25, 0.3) is 0 Å². The second kappa shape index (κ2) is 4.75. The molecule has 0 aliphatic heterocycles. The summed E-state index contributed by atoms with van der Waals surface area (Å²) in [5, 5.41) is 1.72. The molecule has 90 valence electrons. The summed E-state index contributed by atoms with van der Waals surface area (Å²) < 4.78 is 27.5. The van der Waals surface area contributed by atoms with Crippen molar-refractivity contribution in [3.8, 4) is 0 Å². The summed E-state index contributed by atoms with van der Waals surface area (Å²) in [6.45, 7) is 1.80. The van der Waals surface area contributed by atoms with Gasteiger partial charge in [0.1, 0.15) is 10.0 Å². The van der Waals surface area contributed by atoms with E-state index in [1.165, 1.54) is 11.3 Å². The van der Waals surface area contributed by atoms with Crippen LogP contribution in [0.3, 0.4) is 0 Å². The molecule has 0 spiro atoms. The number of nitrogens with one attached hydrogen (secondary N) is 1. The van der Waals surface area contributed by atoms with E-state index >= 15 is 0 Å². The molecule has 2 heterocycles. The summed E-state index contributed by atoms with van der Waals surface area (Å²) in [6, 6.07) is 5.06. The molecule has 2 aromatic heterocycles. The van der Waals surface area contributed by atoms with E-state index in [2.05, 4.69) is 25.6 Å². The van der Waals surface area contributed by atoms with Crippen molar-refractivity contribution in [3.63, 3.8) is 0 Å². The first-order valence-electron chi connectivity index (χ1n) is 4.67. The van der Waals surface area contributed by atoms with Gasteiger partial charge < -0.3 is 0 Å². The summed E-state index contributed by atoms with van der Waals surface area (Å²) in [4.78, 5) is 4.04. The van der Waals surface area contributed by atoms with Crippen LogP contribution < -0.4 is 4.72 Å². The van der Waals surface area contributed by atoms with Crippen LogP contribution >= 0.6 is 27.3 Å². The van der Waals surface area contributed by atoms with Crippen molar-refractivity contribution >= 4 is 43.1 Å². The lowest BCUT2D eigenvalue weighted by Gasteiger charge is -2.08. The lowest BCUT2D eigenvalue weighted by atomic mass is 10.3. The van der Waals surface area contributed by atoms with Gasteiger partial charge in [0.15, 0.2) is 0 Å². The highest BCUT2D eigenvalue weighted by molar-refractivity contribution is 9.10. The largest absolute Gasteiger partial charge is 0.272 e. The molecule has 0 bridgehead atoms. The third kappa shape index (κ3) is 2.85. The minimum atomic E-state index is -3.51. The average molecular weight is 333 g/mol. The van der Waals surface area contributed by atoms with E-state index in [-0.39, 0.29) is 4.21 Å². The normalized spacial score (nSPS) is 11.4. The third-order valence-electron chi connectivity index (χ3n) is 2.04. The van der Waals surface area contributed by atoms with Gasteiger partial charge in [-0.2, -0.15) is 0 Å². The molecule has 0 amide bonds. The van der Waals surface area contributed by atoms with Crippen LogP contribution in [-0.2, 0) is 10.0 Å². The van der Waals surface area contributed by atoms with Crippen LogP contribution in [0.5, 0.6) is 0 Å². The van der Waals surface area contributed by atoms with Crippen LogP contribution in [-0.4, -0.2) is 13.4 Å². The minimum Gasteiger partial charge on any atom is -0.262 e. The Balaban J connectivity index is 2.33. The fraction of sp³-hybridized carbons (Fsp3) is 0.100. The van der Waals surface area contributed by atoms with E-state index in [1.54, 1.807) is 36.7 Å². The number of pyridine rings is 1. The second-order valence-corrected chi connectivity index (χ2v) is 7.13. The molecular weight excluding hydrogens is 324 g/mol. The van der Waals surface area contributed by atoms with E-state index in [9.17, 15) is 8.42 Å². The van der Waals surface area contributed by atoms with Gasteiger partial charge in [0.2, 0.25) is 0 Å². The Morgan fingerprint density at radius 1 is 1.47 bits per heavy atom. The van der Waals surface area contributed by atoms with Crippen LogP contribution in [0.1, 0.15) is 5.56 Å². The third-order valence-corrected chi connectivity index (χ3v) is 5.21. The summed E-state index contributed by atoms with van der Waals surface area (Å²) in [5.41, 5.74) is 0.763. The van der Waals surface area contributed by atoms with Crippen molar-refractivity contribution in [1.29, 1.82) is 0 Å². The first-order chi connectivity index (χ1) is 7.99. The van der Waals surface area contributed by atoms with Gasteiger partial charge in [0.25, 0.3) is 10.0 Å². The molecule has 7 heteroatoms. The second-order valence-electron chi connectivity index (χ2n) is 3.36. The van der Waals surface area contributed by atoms with Gasteiger partial charge in [0, 0.05) is 10.7 Å². The van der Waals surface area contributed by atoms with Crippen molar-refractivity contribution in [2.24, 2.45) is 0 Å². The van der Waals surface area contributed by atoms with Gasteiger partial charge in [0.05, 0.1) is 0 Å². The highest BCUT2D eigenvalue weighted by Gasteiger charge is 2.16. The van der Waals surface area contributed by atoms with Gasteiger partial charge >= 0.3 is 0 Å². The maximum Gasteiger partial charge on any atom is 0.272 e. The Kier molecular flexibility index (Phi) is 3.50. The molecule has 0 saturated heterocycles. The Bertz CT molecular complexity index is 624. The predicted molar refractivity (Wildman–Crippen MR) is 71.8 cm³/mol. The maximum absolute atomic E-state index is 11.9. The van der Waals surface area contributed by atoms with E-state index in [0.717, 1.165) is 10.0 Å². The SMILES string of the molecule is Cc1cc(Br)cnc1NS(=O)(=O)c1cccs1. The number of hydrogen-bond acceptors (Lipinski definition) is 4. The Hall–Kier alpha value is -0.920. The number of aryl methyl sites for hydroxylation is 1. The zero-order valence-electron chi connectivity index (χ0n) is 8.84. The number of anilines is 1. The molecule has 0 aliphatic rings. The molecule has 0 aromatic carbocycles. The maximum atomic E-state index is 11.9. The number of sulfonamides is 1. The van der Waals surface area contributed by atoms with Crippen molar-refractivity contribution < 1.29 is 8.42 Å². The van der Waals surface area contributed by atoms with Gasteiger partial charge in [-0.15, -0.1) is 11.3 Å². The number of thiophene rings is 1. The van der Waals surface area contributed by atoms with E-state index in [0.29, 0.717) is 5.82 Å². The molecule has 0 atom stereocenters. The zero-order valence-corrected chi connectivity index (χ0v) is 12.1. The van der Waals surface area contributed by atoms with Gasteiger partial charge in [-0.05, 0) is 45.9 Å². The van der Waals surface area contributed by atoms with Crippen LogP contribution in [0.15, 0.2) is 38.5 Å². The lowest BCUT2D eigenvalue weighted by molar-refractivity contribution is 0.603. The lowest BCUT2D eigenvalue weighted by Crippen LogP contribution is -2.13. The van der Waals surface area contributed by atoms with Crippen molar-refractivity contribution in [1.82, 2.24) is 4.98 Å². The molecule has 0 saturated carbocycles. The fourth-order valence-electron chi connectivity index (χ4n) is 1.24. The molecule has 0 aliphatic carbocycles. The first-order valence-corrected chi connectivity index (χ1v) is 7.83. The first kappa shape index (κ1) is 12.5. The smallest absolute Gasteiger partial charge is 0.262 e. The van der Waals surface area contributed by atoms with Gasteiger partial charge in [-0.25, -0.2) is 13.4 Å². The zero-order chi connectivity index (χ0) is 12.5. The fourth-order valence-corrected chi connectivity index (χ4v) is 3.76. The van der Waals surface area contributed by atoms with Crippen molar-refractivity contribution in [2.75, 3.05) is 4.72 Å². The summed E-state index contributed by atoms with van der Waals surface area (Å²) >= 11 is 4.45. The van der Waals surface area contributed by atoms with Crippen molar-refractivity contribution in [3.05, 3.63) is 39.8 Å². The average Bonchev–Trinajstić information content (AvgIpc) is 2.76. The molecule has 0 fully saturated rings. The molecule has 17 heavy (non-hydrogen) atoms. The molecule has 2 rings (SSSR count). The standard InChI is InChI=1S/C10H9BrN2O2S2/c1-7-5-8(11)6-12-10(7)13-17(14,15)9-3-2-4-16-9/h2-6H,1H3,(H,12,13). The van der Waals surface area contributed by atoms with E-state index < -0.39 is 10.0 Å². The van der Waals surface area contributed by atoms with Crippen LogP contribution in [0, 0.1) is 6.92 Å². The highest BCUT2D eigenvalue weighted by atomic mass is 79.9. The minimum absolute atomic E-state index is 0.279. The monoisotopic (exact) mass is 332 g/mol.